The summed E-state index contributed by atoms with van der Waals surface area (Å²) in [5.41, 5.74) is 2.30. The lowest BCUT2D eigenvalue weighted by Gasteiger charge is -2.42. The van der Waals surface area contributed by atoms with E-state index in [2.05, 4.69) is 16.9 Å². The van der Waals surface area contributed by atoms with E-state index in [-0.39, 0.29) is 16.9 Å². The Kier molecular flexibility index (Phi) is 6.03. The van der Waals surface area contributed by atoms with E-state index in [4.69, 9.17) is 16.7 Å². The van der Waals surface area contributed by atoms with Crippen LogP contribution in [0.15, 0.2) is 53.4 Å². The number of aliphatic hydroxyl groups is 1. The molecule has 2 N–H and O–H groups in total. The lowest BCUT2D eigenvalue weighted by Crippen LogP contribution is -2.43. The molecule has 0 spiro atoms. The van der Waals surface area contributed by atoms with Crippen LogP contribution in [0.2, 0.25) is 5.02 Å². The number of hydrogen-bond donors (Lipinski definition) is 2. The van der Waals surface area contributed by atoms with Crippen LogP contribution in [-0.2, 0) is 22.9 Å². The molecule has 2 aromatic rings. The van der Waals surface area contributed by atoms with E-state index < -0.39 is 10.0 Å². The minimum absolute atomic E-state index is 0.0159. The van der Waals surface area contributed by atoms with Gasteiger partial charge in [-0.1, -0.05) is 42.3 Å². The zero-order valence-corrected chi connectivity index (χ0v) is 16.2. The third kappa shape index (κ3) is 4.65. The Morgan fingerprint density at radius 3 is 2.15 bits per heavy atom. The molecule has 0 heterocycles. The second kappa shape index (κ2) is 8.09. The van der Waals surface area contributed by atoms with E-state index in [9.17, 15) is 8.42 Å². The minimum Gasteiger partial charge on any atom is -0.396 e. The van der Waals surface area contributed by atoms with Crippen molar-refractivity contribution < 1.29 is 13.5 Å². The smallest absolute Gasteiger partial charge is 0.240 e. The van der Waals surface area contributed by atoms with Crippen molar-refractivity contribution in [2.24, 2.45) is 5.41 Å². The van der Waals surface area contributed by atoms with Gasteiger partial charge in [0, 0.05) is 18.2 Å². The summed E-state index contributed by atoms with van der Waals surface area (Å²) in [5.74, 6) is 0. The fourth-order valence-corrected chi connectivity index (χ4v) is 4.71. The number of halogens is 1. The van der Waals surface area contributed by atoms with Gasteiger partial charge in [0.05, 0.1) is 4.90 Å². The molecule has 3 rings (SSSR count). The highest BCUT2D eigenvalue weighted by Gasteiger charge is 2.38. The van der Waals surface area contributed by atoms with Crippen LogP contribution in [0.5, 0.6) is 0 Å². The first kappa shape index (κ1) is 19.4. The lowest BCUT2D eigenvalue weighted by molar-refractivity contribution is 0.139. The summed E-state index contributed by atoms with van der Waals surface area (Å²) in [6.07, 6.45) is 4.69. The van der Waals surface area contributed by atoms with Gasteiger partial charge in [0.15, 0.2) is 0 Å². The molecule has 1 fully saturated rings. The van der Waals surface area contributed by atoms with Crippen molar-refractivity contribution in [1.82, 2.24) is 4.72 Å². The molecular formula is C20H24ClNO3S. The van der Waals surface area contributed by atoms with Gasteiger partial charge in [0.2, 0.25) is 10.0 Å². The van der Waals surface area contributed by atoms with Gasteiger partial charge >= 0.3 is 0 Å². The van der Waals surface area contributed by atoms with Crippen LogP contribution >= 0.6 is 11.6 Å². The highest BCUT2D eigenvalue weighted by Crippen LogP contribution is 2.43. The van der Waals surface area contributed by atoms with Gasteiger partial charge in [-0.25, -0.2) is 13.1 Å². The van der Waals surface area contributed by atoms with E-state index >= 15 is 0 Å². The quantitative estimate of drug-likeness (QED) is 0.720. The Morgan fingerprint density at radius 1 is 1.00 bits per heavy atom. The Bertz CT molecular complexity index is 828. The molecule has 0 aromatic heterocycles. The maximum atomic E-state index is 12.5. The highest BCUT2D eigenvalue weighted by molar-refractivity contribution is 7.89. The van der Waals surface area contributed by atoms with Crippen molar-refractivity contribution >= 4 is 21.6 Å². The number of sulfonamides is 1. The number of nitrogens with one attached hydrogen (secondary N) is 1. The molecule has 140 valence electrons. The molecular weight excluding hydrogens is 370 g/mol. The van der Waals surface area contributed by atoms with Crippen molar-refractivity contribution in [2.75, 3.05) is 13.2 Å². The molecule has 1 aliphatic carbocycles. The number of benzene rings is 2. The standard InChI is InChI=1S/C20H24ClNO3S/c21-18-6-8-19(9-7-18)26(24,25)22-15-20(11-1-12-20)14-17-4-2-16(3-5-17)10-13-23/h2-9,22-23H,1,10-15H2. The van der Waals surface area contributed by atoms with E-state index in [1.807, 2.05) is 12.1 Å². The van der Waals surface area contributed by atoms with Crippen molar-refractivity contribution in [2.45, 2.75) is 37.0 Å². The monoisotopic (exact) mass is 393 g/mol. The minimum atomic E-state index is -3.53. The van der Waals surface area contributed by atoms with Gasteiger partial charge in [0.1, 0.15) is 0 Å². The molecule has 2 aromatic carbocycles. The molecule has 0 amide bonds. The summed E-state index contributed by atoms with van der Waals surface area (Å²) in [6.45, 7) is 0.589. The summed E-state index contributed by atoms with van der Waals surface area (Å²) in [4.78, 5) is 0.240. The predicted molar refractivity (Wildman–Crippen MR) is 104 cm³/mol. The van der Waals surface area contributed by atoms with Crippen LogP contribution in [0.3, 0.4) is 0 Å². The zero-order chi connectivity index (χ0) is 18.6. The van der Waals surface area contributed by atoms with Gasteiger partial charge in [-0.15, -0.1) is 0 Å². The Hall–Kier alpha value is -1.40. The molecule has 1 aliphatic rings. The molecule has 0 saturated heterocycles. The maximum Gasteiger partial charge on any atom is 0.240 e. The predicted octanol–water partition coefficient (Wildman–Crippen LogP) is 3.57. The Labute approximate surface area is 160 Å². The van der Waals surface area contributed by atoms with Gasteiger partial charge in [-0.2, -0.15) is 0 Å². The van der Waals surface area contributed by atoms with Crippen LogP contribution in [-0.4, -0.2) is 26.7 Å². The van der Waals surface area contributed by atoms with E-state index in [0.29, 0.717) is 18.0 Å². The highest BCUT2D eigenvalue weighted by atomic mass is 35.5. The normalized spacial score (nSPS) is 16.2. The molecule has 4 nitrogen and oxygen atoms in total. The largest absolute Gasteiger partial charge is 0.396 e. The maximum absolute atomic E-state index is 12.5. The van der Waals surface area contributed by atoms with Crippen molar-refractivity contribution in [1.29, 1.82) is 0 Å². The molecule has 0 unspecified atom stereocenters. The second-order valence-corrected chi connectivity index (χ2v) is 9.30. The van der Waals surface area contributed by atoms with Gasteiger partial charge in [0.25, 0.3) is 0 Å². The van der Waals surface area contributed by atoms with Gasteiger partial charge in [-0.05, 0) is 66.5 Å². The molecule has 26 heavy (non-hydrogen) atoms. The first-order chi connectivity index (χ1) is 12.4. The average molecular weight is 394 g/mol. The Morgan fingerprint density at radius 2 is 1.62 bits per heavy atom. The third-order valence-electron chi connectivity index (χ3n) is 5.18. The first-order valence-electron chi connectivity index (χ1n) is 8.86. The number of aliphatic hydroxyl groups excluding tert-OH is 1. The molecule has 0 aliphatic heterocycles. The van der Waals surface area contributed by atoms with Crippen molar-refractivity contribution in [3.8, 4) is 0 Å². The van der Waals surface area contributed by atoms with E-state index in [0.717, 1.165) is 31.2 Å². The Balaban J connectivity index is 1.65. The van der Waals surface area contributed by atoms with Gasteiger partial charge in [-0.3, -0.25) is 0 Å². The topological polar surface area (TPSA) is 66.4 Å². The number of rotatable bonds is 8. The summed E-state index contributed by atoms with van der Waals surface area (Å²) < 4.78 is 27.8. The van der Waals surface area contributed by atoms with Crippen LogP contribution in [0.4, 0.5) is 0 Å². The summed E-state index contributed by atoms with van der Waals surface area (Å²) in [6, 6.07) is 14.5. The molecule has 0 bridgehead atoms. The fraction of sp³-hybridized carbons (Fsp3) is 0.400. The van der Waals surface area contributed by atoms with E-state index in [1.165, 1.54) is 17.7 Å². The first-order valence-corrected chi connectivity index (χ1v) is 10.7. The second-order valence-electron chi connectivity index (χ2n) is 7.10. The van der Waals surface area contributed by atoms with E-state index in [1.54, 1.807) is 12.1 Å². The average Bonchev–Trinajstić information content (AvgIpc) is 2.59. The third-order valence-corrected chi connectivity index (χ3v) is 6.85. The summed E-state index contributed by atoms with van der Waals surface area (Å²) >= 11 is 5.84. The van der Waals surface area contributed by atoms with Crippen LogP contribution < -0.4 is 4.72 Å². The molecule has 0 atom stereocenters. The van der Waals surface area contributed by atoms with Crippen LogP contribution in [0.25, 0.3) is 0 Å². The molecule has 0 radical (unpaired) electrons. The van der Waals surface area contributed by atoms with Crippen molar-refractivity contribution in [3.63, 3.8) is 0 Å². The molecule has 1 saturated carbocycles. The van der Waals surface area contributed by atoms with Gasteiger partial charge < -0.3 is 5.11 Å². The summed E-state index contributed by atoms with van der Waals surface area (Å²) in [7, 11) is -3.53. The zero-order valence-electron chi connectivity index (χ0n) is 14.6. The summed E-state index contributed by atoms with van der Waals surface area (Å²) in [5, 5.41) is 9.52. The number of hydrogen-bond acceptors (Lipinski definition) is 3. The SMILES string of the molecule is O=S(=O)(NCC1(Cc2ccc(CCO)cc2)CCC1)c1ccc(Cl)cc1. The van der Waals surface area contributed by atoms with Crippen LogP contribution in [0.1, 0.15) is 30.4 Å². The van der Waals surface area contributed by atoms with Crippen molar-refractivity contribution in [3.05, 3.63) is 64.7 Å². The fourth-order valence-electron chi connectivity index (χ4n) is 3.42. The molecule has 6 heteroatoms. The van der Waals surface area contributed by atoms with Crippen LogP contribution in [0, 0.1) is 5.41 Å². The lowest BCUT2D eigenvalue weighted by atomic mass is 9.65.